The Labute approximate surface area is 74.8 Å². The second kappa shape index (κ2) is 7.00. The van der Waals surface area contributed by atoms with Gasteiger partial charge in [-0.05, 0) is 26.0 Å². The first kappa shape index (κ1) is 11.3. The van der Waals surface area contributed by atoms with E-state index in [9.17, 15) is 0 Å². The van der Waals surface area contributed by atoms with E-state index in [1.54, 1.807) is 0 Å². The van der Waals surface area contributed by atoms with Crippen molar-refractivity contribution < 1.29 is 0 Å². The van der Waals surface area contributed by atoms with Crippen molar-refractivity contribution >= 4 is 5.71 Å². The fourth-order valence-corrected chi connectivity index (χ4v) is 0.806. The molecule has 3 nitrogen and oxygen atoms in total. The highest BCUT2D eigenvalue weighted by atomic mass is 15.2. The summed E-state index contributed by atoms with van der Waals surface area (Å²) in [5, 5.41) is 3.01. The predicted octanol–water partition coefficient (Wildman–Crippen LogP) is 1.27. The Morgan fingerprint density at radius 1 is 1.58 bits per heavy atom. The van der Waals surface area contributed by atoms with Crippen LogP contribution in [0.25, 0.3) is 0 Å². The first-order valence-electron chi connectivity index (χ1n) is 4.40. The number of nitrogens with one attached hydrogen (secondary N) is 1. The van der Waals surface area contributed by atoms with Crippen LogP contribution in [0.4, 0.5) is 0 Å². The van der Waals surface area contributed by atoms with Gasteiger partial charge in [-0.1, -0.05) is 19.9 Å². The minimum absolute atomic E-state index is 0.267. The number of nitrogens with two attached hydrogens (primary N) is 1. The second-order valence-corrected chi connectivity index (χ2v) is 2.58. The normalized spacial score (nSPS) is 15.5. The molecule has 0 fully saturated rings. The third kappa shape index (κ3) is 6.07. The molecule has 1 atom stereocenters. The lowest BCUT2D eigenvalue weighted by Crippen LogP contribution is -2.35. The molecular formula is C9H19N3. The second-order valence-electron chi connectivity index (χ2n) is 2.58. The molecule has 0 saturated carbocycles. The lowest BCUT2D eigenvalue weighted by molar-refractivity contribution is 0.568. The van der Waals surface area contributed by atoms with Crippen molar-refractivity contribution in [3.05, 3.63) is 12.2 Å². The van der Waals surface area contributed by atoms with Gasteiger partial charge in [0.05, 0.1) is 0 Å². The van der Waals surface area contributed by atoms with Gasteiger partial charge in [0.1, 0.15) is 0 Å². The van der Waals surface area contributed by atoms with E-state index >= 15 is 0 Å². The van der Waals surface area contributed by atoms with Gasteiger partial charge in [-0.2, -0.15) is 0 Å². The fraction of sp³-hybridized carbons (Fsp3) is 0.667. The zero-order valence-electron chi connectivity index (χ0n) is 8.17. The van der Waals surface area contributed by atoms with Crippen molar-refractivity contribution in [2.75, 3.05) is 6.54 Å². The highest BCUT2D eigenvalue weighted by Gasteiger charge is 1.93. The van der Waals surface area contributed by atoms with Crippen LogP contribution >= 0.6 is 0 Å². The quantitative estimate of drug-likeness (QED) is 0.481. The molecule has 3 N–H and O–H groups in total. The van der Waals surface area contributed by atoms with E-state index in [4.69, 9.17) is 5.73 Å². The number of nitrogens with zero attached hydrogens (tertiary/aromatic N) is 1. The van der Waals surface area contributed by atoms with Crippen LogP contribution in [0.5, 0.6) is 0 Å². The van der Waals surface area contributed by atoms with Gasteiger partial charge in [0.2, 0.25) is 0 Å². The van der Waals surface area contributed by atoms with Crippen molar-refractivity contribution in [1.29, 1.82) is 0 Å². The smallest absolute Gasteiger partial charge is 0.151 e. The van der Waals surface area contributed by atoms with E-state index in [0.717, 1.165) is 18.7 Å². The van der Waals surface area contributed by atoms with Gasteiger partial charge in [0.15, 0.2) is 6.29 Å². The number of allylic oxidation sites excluding steroid dienone is 2. The third-order valence-electron chi connectivity index (χ3n) is 1.35. The van der Waals surface area contributed by atoms with E-state index in [0.29, 0.717) is 0 Å². The van der Waals surface area contributed by atoms with E-state index in [1.807, 2.05) is 19.9 Å². The molecule has 0 heterocycles. The molecule has 0 aromatic heterocycles. The first-order chi connectivity index (χ1) is 5.70. The summed E-state index contributed by atoms with van der Waals surface area (Å²) in [7, 11) is 0. The molecule has 0 rings (SSSR count). The third-order valence-corrected chi connectivity index (χ3v) is 1.35. The van der Waals surface area contributed by atoms with Crippen LogP contribution in [-0.2, 0) is 0 Å². The molecule has 0 aliphatic rings. The number of hydrogen-bond acceptors (Lipinski definition) is 3. The fourth-order valence-electron chi connectivity index (χ4n) is 0.806. The van der Waals surface area contributed by atoms with Crippen LogP contribution in [0.3, 0.4) is 0 Å². The van der Waals surface area contributed by atoms with E-state index < -0.39 is 0 Å². The molecule has 0 aliphatic carbocycles. The van der Waals surface area contributed by atoms with Crippen LogP contribution in [0, 0.1) is 0 Å². The lowest BCUT2D eigenvalue weighted by atomic mass is 10.3. The Morgan fingerprint density at radius 2 is 2.25 bits per heavy atom. The molecule has 0 radical (unpaired) electrons. The molecule has 0 aliphatic heterocycles. The Morgan fingerprint density at radius 3 is 2.75 bits per heavy atom. The van der Waals surface area contributed by atoms with E-state index in [2.05, 4.69) is 23.3 Å². The van der Waals surface area contributed by atoms with Crippen molar-refractivity contribution in [2.45, 2.75) is 33.5 Å². The maximum Gasteiger partial charge on any atom is 0.151 e. The summed E-state index contributed by atoms with van der Waals surface area (Å²) < 4.78 is 0. The lowest BCUT2D eigenvalue weighted by Gasteiger charge is -2.06. The highest BCUT2D eigenvalue weighted by molar-refractivity contribution is 5.92. The predicted molar refractivity (Wildman–Crippen MR) is 54.2 cm³/mol. The standard InChI is InChI=1S/C9H19N3/c1-4-6-7-8(3)12-9(10)11-5-2/h6-7,9,11H,4-5,10H2,1-3H3/b7-6+,12-8?. The summed E-state index contributed by atoms with van der Waals surface area (Å²) in [4.78, 5) is 4.20. The molecule has 12 heavy (non-hydrogen) atoms. The Kier molecular flexibility index (Phi) is 6.61. The molecule has 0 bridgehead atoms. The first-order valence-corrected chi connectivity index (χ1v) is 4.40. The molecule has 0 spiro atoms. The Bertz CT molecular complexity index is 161. The van der Waals surface area contributed by atoms with Crippen LogP contribution in [-0.4, -0.2) is 18.5 Å². The largest absolute Gasteiger partial charge is 0.297 e. The summed E-state index contributed by atoms with van der Waals surface area (Å²) in [6.07, 6.45) is 4.81. The summed E-state index contributed by atoms with van der Waals surface area (Å²) in [6, 6.07) is 0. The molecule has 70 valence electrons. The molecular weight excluding hydrogens is 150 g/mol. The molecule has 3 heteroatoms. The number of hydrogen-bond donors (Lipinski definition) is 2. The minimum atomic E-state index is -0.267. The van der Waals surface area contributed by atoms with Gasteiger partial charge in [0.25, 0.3) is 0 Å². The topological polar surface area (TPSA) is 50.4 Å². The average Bonchev–Trinajstić information content (AvgIpc) is 2.01. The summed E-state index contributed by atoms with van der Waals surface area (Å²) >= 11 is 0. The van der Waals surface area contributed by atoms with Gasteiger partial charge < -0.3 is 0 Å². The maximum absolute atomic E-state index is 5.62. The summed E-state index contributed by atoms with van der Waals surface area (Å²) in [5.74, 6) is 0. The van der Waals surface area contributed by atoms with E-state index in [1.165, 1.54) is 0 Å². The van der Waals surface area contributed by atoms with Crippen LogP contribution in [0.1, 0.15) is 27.2 Å². The van der Waals surface area contributed by atoms with Gasteiger partial charge in [-0.15, -0.1) is 0 Å². The Balaban J connectivity index is 3.88. The molecule has 1 unspecified atom stereocenters. The van der Waals surface area contributed by atoms with Crippen molar-refractivity contribution in [1.82, 2.24) is 5.32 Å². The monoisotopic (exact) mass is 169 g/mol. The minimum Gasteiger partial charge on any atom is -0.297 e. The van der Waals surface area contributed by atoms with Crippen molar-refractivity contribution in [3.8, 4) is 0 Å². The van der Waals surface area contributed by atoms with Crippen LogP contribution < -0.4 is 11.1 Å². The number of rotatable bonds is 5. The molecule has 0 saturated heterocycles. The van der Waals surface area contributed by atoms with Crippen molar-refractivity contribution in [3.63, 3.8) is 0 Å². The van der Waals surface area contributed by atoms with Gasteiger partial charge in [-0.25, -0.2) is 0 Å². The maximum atomic E-state index is 5.62. The number of aliphatic imine (C=N–C) groups is 1. The average molecular weight is 169 g/mol. The van der Waals surface area contributed by atoms with Gasteiger partial charge in [-0.3, -0.25) is 16.0 Å². The van der Waals surface area contributed by atoms with E-state index in [-0.39, 0.29) is 6.29 Å². The summed E-state index contributed by atoms with van der Waals surface area (Å²) in [6.45, 7) is 6.89. The zero-order valence-corrected chi connectivity index (χ0v) is 8.17. The SMILES string of the molecule is CC/C=C/C(C)=NC(N)NCC. The Hall–Kier alpha value is -0.670. The summed E-state index contributed by atoms with van der Waals surface area (Å²) in [5.41, 5.74) is 6.59. The van der Waals surface area contributed by atoms with Gasteiger partial charge >= 0.3 is 0 Å². The van der Waals surface area contributed by atoms with Crippen LogP contribution in [0.15, 0.2) is 17.1 Å². The highest BCUT2D eigenvalue weighted by Crippen LogP contribution is 1.86. The molecule has 0 aromatic rings. The zero-order chi connectivity index (χ0) is 9.40. The van der Waals surface area contributed by atoms with Gasteiger partial charge in [0, 0.05) is 5.71 Å². The van der Waals surface area contributed by atoms with Crippen molar-refractivity contribution in [2.24, 2.45) is 10.7 Å². The van der Waals surface area contributed by atoms with Crippen LogP contribution in [0.2, 0.25) is 0 Å². The molecule has 0 amide bonds. The molecule has 0 aromatic carbocycles.